The molecule has 0 unspecified atom stereocenters. The van der Waals surface area contributed by atoms with Crippen LogP contribution in [0.5, 0.6) is 0 Å². The summed E-state index contributed by atoms with van der Waals surface area (Å²) in [5, 5.41) is 14.6. The lowest BCUT2D eigenvalue weighted by Gasteiger charge is -2.11. The number of rotatable bonds is 6. The van der Waals surface area contributed by atoms with Gasteiger partial charge in [-0.05, 0) is 18.4 Å². The summed E-state index contributed by atoms with van der Waals surface area (Å²) in [5.74, 6) is 0. The molecule has 1 aromatic carbocycles. The Morgan fingerprint density at radius 2 is 1.95 bits per heavy atom. The predicted octanol–water partition coefficient (Wildman–Crippen LogP) is 3.16. The maximum Gasteiger partial charge on any atom is 0.128 e. The molecular weight excluding hydrogens is 266 g/mol. The van der Waals surface area contributed by atoms with Gasteiger partial charge in [-0.2, -0.15) is 0 Å². The molecule has 0 radical (unpaired) electrons. The van der Waals surface area contributed by atoms with Crippen molar-refractivity contribution in [3.8, 4) is 0 Å². The van der Waals surface area contributed by atoms with Gasteiger partial charge < -0.3 is 5.32 Å². The molecule has 1 heterocycles. The van der Waals surface area contributed by atoms with E-state index >= 15 is 0 Å². The third kappa shape index (κ3) is 2.76. The maximum atomic E-state index is 4.47. The fourth-order valence-corrected chi connectivity index (χ4v) is 3.63. The topological polar surface area (TPSA) is 37.8 Å². The minimum absolute atomic E-state index is 0.169. The van der Waals surface area contributed by atoms with Gasteiger partial charge in [0.25, 0.3) is 0 Å². The molecule has 1 N–H and O–H groups in total. The third-order valence-corrected chi connectivity index (χ3v) is 5.03. The van der Waals surface area contributed by atoms with Crippen LogP contribution in [-0.2, 0) is 11.8 Å². The Bertz CT molecular complexity index is 558. The Labute approximate surface area is 124 Å². The Hall–Kier alpha value is -1.26. The van der Waals surface area contributed by atoms with Crippen molar-refractivity contribution in [3.05, 3.63) is 45.9 Å². The van der Waals surface area contributed by atoms with E-state index in [4.69, 9.17) is 0 Å². The van der Waals surface area contributed by atoms with Crippen molar-refractivity contribution >= 4 is 11.3 Å². The van der Waals surface area contributed by atoms with Gasteiger partial charge in [-0.3, -0.25) is 0 Å². The second-order valence-electron chi connectivity index (χ2n) is 5.81. The molecule has 0 atom stereocenters. The van der Waals surface area contributed by atoms with Crippen LogP contribution in [0.1, 0.15) is 42.3 Å². The van der Waals surface area contributed by atoms with Crippen LogP contribution in [0, 0.1) is 0 Å². The van der Waals surface area contributed by atoms with E-state index in [1.807, 2.05) is 0 Å². The Morgan fingerprint density at radius 1 is 1.20 bits per heavy atom. The van der Waals surface area contributed by atoms with Crippen LogP contribution in [0.25, 0.3) is 0 Å². The van der Waals surface area contributed by atoms with Gasteiger partial charge in [0.15, 0.2) is 0 Å². The van der Waals surface area contributed by atoms with Crippen LogP contribution < -0.4 is 5.32 Å². The first-order valence-corrected chi connectivity index (χ1v) is 8.14. The summed E-state index contributed by atoms with van der Waals surface area (Å²) in [6.07, 6.45) is 3.38. The van der Waals surface area contributed by atoms with Gasteiger partial charge in [-0.25, -0.2) is 0 Å². The van der Waals surface area contributed by atoms with E-state index in [0.29, 0.717) is 6.04 Å². The number of nitrogens with one attached hydrogen (secondary N) is 1. The largest absolute Gasteiger partial charge is 0.314 e. The Balaban J connectivity index is 1.71. The summed E-state index contributed by atoms with van der Waals surface area (Å²) < 4.78 is 0. The third-order valence-electron chi connectivity index (χ3n) is 3.84. The highest BCUT2D eigenvalue weighted by Gasteiger charge is 2.48. The smallest absolute Gasteiger partial charge is 0.128 e. The van der Waals surface area contributed by atoms with Gasteiger partial charge >= 0.3 is 0 Å². The van der Waals surface area contributed by atoms with E-state index in [2.05, 4.69) is 59.7 Å². The van der Waals surface area contributed by atoms with E-state index in [1.165, 1.54) is 23.4 Å². The average Bonchev–Trinajstić information content (AvgIpc) is 3.13. The highest BCUT2D eigenvalue weighted by atomic mass is 32.1. The first kappa shape index (κ1) is 13.7. The number of hydrogen-bond acceptors (Lipinski definition) is 4. The van der Waals surface area contributed by atoms with E-state index in [9.17, 15) is 0 Å². The zero-order valence-electron chi connectivity index (χ0n) is 12.1. The molecule has 1 saturated carbocycles. The molecule has 1 fully saturated rings. The van der Waals surface area contributed by atoms with Gasteiger partial charge in [0.1, 0.15) is 10.0 Å². The molecule has 106 valence electrons. The normalized spacial score (nSPS) is 16.6. The minimum atomic E-state index is 0.169. The maximum absolute atomic E-state index is 4.47. The highest BCUT2D eigenvalue weighted by molar-refractivity contribution is 7.11. The first-order chi connectivity index (χ1) is 9.71. The first-order valence-electron chi connectivity index (χ1n) is 7.32. The Morgan fingerprint density at radius 3 is 2.60 bits per heavy atom. The second-order valence-corrected chi connectivity index (χ2v) is 6.87. The molecular formula is C16H21N3S. The SMILES string of the molecule is CC(C)NCCc1nnc(C2(c3ccccc3)CC2)s1. The fourth-order valence-electron chi connectivity index (χ4n) is 2.52. The quantitative estimate of drug-likeness (QED) is 0.887. The van der Waals surface area contributed by atoms with Crippen molar-refractivity contribution in [2.45, 2.75) is 44.6 Å². The molecule has 0 aliphatic heterocycles. The fraction of sp³-hybridized carbons (Fsp3) is 0.500. The van der Waals surface area contributed by atoms with Gasteiger partial charge in [0.2, 0.25) is 0 Å². The van der Waals surface area contributed by atoms with Crippen LogP contribution in [0.4, 0.5) is 0 Å². The molecule has 1 aromatic heterocycles. The van der Waals surface area contributed by atoms with E-state index in [0.717, 1.165) is 18.0 Å². The summed E-state index contributed by atoms with van der Waals surface area (Å²) >= 11 is 1.79. The lowest BCUT2D eigenvalue weighted by molar-refractivity contribution is 0.588. The molecule has 0 saturated heterocycles. The van der Waals surface area contributed by atoms with E-state index < -0.39 is 0 Å². The summed E-state index contributed by atoms with van der Waals surface area (Å²) in [7, 11) is 0. The van der Waals surface area contributed by atoms with Crippen molar-refractivity contribution in [1.82, 2.24) is 15.5 Å². The van der Waals surface area contributed by atoms with Gasteiger partial charge in [-0.15, -0.1) is 21.5 Å². The van der Waals surface area contributed by atoms with E-state index in [1.54, 1.807) is 11.3 Å². The van der Waals surface area contributed by atoms with Crippen molar-refractivity contribution in [1.29, 1.82) is 0 Å². The number of hydrogen-bond donors (Lipinski definition) is 1. The molecule has 3 nitrogen and oxygen atoms in total. The highest BCUT2D eigenvalue weighted by Crippen LogP contribution is 2.54. The van der Waals surface area contributed by atoms with Crippen molar-refractivity contribution in [3.63, 3.8) is 0 Å². The molecule has 1 aliphatic carbocycles. The summed E-state index contributed by atoms with van der Waals surface area (Å²) in [5.41, 5.74) is 1.56. The molecule has 3 rings (SSSR count). The Kier molecular flexibility index (Phi) is 3.85. The van der Waals surface area contributed by atoms with Crippen LogP contribution in [0.2, 0.25) is 0 Å². The zero-order chi connectivity index (χ0) is 14.0. The van der Waals surface area contributed by atoms with Crippen molar-refractivity contribution in [2.75, 3.05) is 6.54 Å². The van der Waals surface area contributed by atoms with Crippen LogP contribution >= 0.6 is 11.3 Å². The molecule has 4 heteroatoms. The van der Waals surface area contributed by atoms with Crippen LogP contribution in [-0.4, -0.2) is 22.8 Å². The summed E-state index contributed by atoms with van der Waals surface area (Å²) in [4.78, 5) is 0. The number of nitrogens with zero attached hydrogens (tertiary/aromatic N) is 2. The van der Waals surface area contributed by atoms with Gasteiger partial charge in [0, 0.05) is 24.4 Å². The molecule has 2 aromatic rings. The van der Waals surface area contributed by atoms with Gasteiger partial charge in [-0.1, -0.05) is 44.2 Å². The van der Waals surface area contributed by atoms with Crippen molar-refractivity contribution < 1.29 is 0 Å². The number of benzene rings is 1. The lowest BCUT2D eigenvalue weighted by atomic mass is 9.97. The molecule has 0 spiro atoms. The second kappa shape index (κ2) is 5.62. The van der Waals surface area contributed by atoms with Crippen LogP contribution in [0.3, 0.4) is 0 Å². The van der Waals surface area contributed by atoms with Gasteiger partial charge in [0.05, 0.1) is 0 Å². The molecule has 20 heavy (non-hydrogen) atoms. The zero-order valence-corrected chi connectivity index (χ0v) is 12.9. The minimum Gasteiger partial charge on any atom is -0.314 e. The molecule has 0 bridgehead atoms. The monoisotopic (exact) mass is 287 g/mol. The molecule has 0 amide bonds. The standard InChI is InChI=1S/C16H21N3S/c1-12(2)17-11-8-14-18-19-15(20-14)16(9-10-16)13-6-4-3-5-7-13/h3-7,12,17H,8-11H2,1-2H3. The summed E-state index contributed by atoms with van der Waals surface area (Å²) in [6.45, 7) is 5.31. The van der Waals surface area contributed by atoms with Crippen molar-refractivity contribution in [2.24, 2.45) is 0 Å². The lowest BCUT2D eigenvalue weighted by Crippen LogP contribution is -2.24. The van der Waals surface area contributed by atoms with Crippen LogP contribution in [0.15, 0.2) is 30.3 Å². The summed E-state index contributed by atoms with van der Waals surface area (Å²) in [6, 6.07) is 11.3. The molecule has 1 aliphatic rings. The van der Waals surface area contributed by atoms with E-state index in [-0.39, 0.29) is 5.41 Å². The average molecular weight is 287 g/mol. The number of aromatic nitrogens is 2. The predicted molar refractivity (Wildman–Crippen MR) is 83.2 cm³/mol.